The van der Waals surface area contributed by atoms with Crippen LogP contribution >= 0.6 is 0 Å². The van der Waals surface area contributed by atoms with Crippen LogP contribution in [0.15, 0.2) is 18.2 Å². The molecule has 3 nitrogen and oxygen atoms in total. The smallest absolute Gasteiger partial charge is 0.224 e. The minimum absolute atomic E-state index is 0.0525. The molecule has 0 heterocycles. The number of benzene rings is 1. The van der Waals surface area contributed by atoms with Crippen LogP contribution in [0.3, 0.4) is 0 Å². The molecule has 0 aromatic heterocycles. The summed E-state index contributed by atoms with van der Waals surface area (Å²) >= 11 is 0. The third-order valence-corrected chi connectivity index (χ3v) is 4.85. The van der Waals surface area contributed by atoms with Gasteiger partial charge in [0.25, 0.3) is 0 Å². The zero-order valence-electron chi connectivity index (χ0n) is 13.2. The Labute approximate surface area is 127 Å². The molecule has 0 aliphatic heterocycles. The fourth-order valence-electron chi connectivity index (χ4n) is 3.14. The van der Waals surface area contributed by atoms with E-state index in [1.807, 2.05) is 6.07 Å². The van der Waals surface area contributed by atoms with Crippen LogP contribution in [0, 0.1) is 19.3 Å². The fourth-order valence-corrected chi connectivity index (χ4v) is 3.14. The molecule has 1 aromatic rings. The highest BCUT2D eigenvalue weighted by atomic mass is 16.3. The van der Waals surface area contributed by atoms with E-state index < -0.39 is 0 Å². The molecule has 1 aliphatic rings. The maximum Gasteiger partial charge on any atom is 0.224 e. The highest BCUT2D eigenvalue weighted by Gasteiger charge is 2.31. The minimum atomic E-state index is -0.0862. The lowest BCUT2D eigenvalue weighted by atomic mass is 9.74. The van der Waals surface area contributed by atoms with Crippen LogP contribution in [-0.4, -0.2) is 24.2 Å². The maximum absolute atomic E-state index is 12.1. The second kappa shape index (κ2) is 7.08. The highest BCUT2D eigenvalue weighted by molar-refractivity contribution is 5.78. The molecule has 0 spiro atoms. The van der Waals surface area contributed by atoms with Crippen LogP contribution in [0.4, 0.5) is 0 Å². The van der Waals surface area contributed by atoms with Crippen molar-refractivity contribution < 1.29 is 9.90 Å². The predicted octanol–water partition coefficient (Wildman–Crippen LogP) is 2.90. The Bertz CT molecular complexity index is 490. The summed E-state index contributed by atoms with van der Waals surface area (Å²) in [7, 11) is 0. The Hall–Kier alpha value is -1.35. The average molecular weight is 289 g/mol. The maximum atomic E-state index is 12.1. The standard InChI is InChI=1S/C18H27NO2/c1-14-6-7-16(10-15(14)2)11-17(21)19-12-18(13-20)8-4-3-5-9-18/h6-7,10,20H,3-5,8-9,11-13H2,1-2H3,(H,19,21). The molecule has 2 N–H and O–H groups in total. The lowest BCUT2D eigenvalue weighted by Crippen LogP contribution is -2.41. The molecular formula is C18H27NO2. The van der Waals surface area contributed by atoms with E-state index >= 15 is 0 Å². The molecule has 3 heteroatoms. The number of amides is 1. The highest BCUT2D eigenvalue weighted by Crippen LogP contribution is 2.35. The number of aryl methyl sites for hydroxylation is 2. The van der Waals surface area contributed by atoms with Crippen LogP contribution in [0.5, 0.6) is 0 Å². The number of aliphatic hydroxyl groups excluding tert-OH is 1. The molecule has 2 rings (SSSR count). The molecule has 0 bridgehead atoms. The molecule has 21 heavy (non-hydrogen) atoms. The number of nitrogens with one attached hydrogen (secondary N) is 1. The summed E-state index contributed by atoms with van der Waals surface area (Å²) in [5.41, 5.74) is 3.44. The third kappa shape index (κ3) is 4.31. The van der Waals surface area contributed by atoms with E-state index in [0.29, 0.717) is 13.0 Å². The van der Waals surface area contributed by atoms with Crippen molar-refractivity contribution in [1.82, 2.24) is 5.32 Å². The van der Waals surface area contributed by atoms with Gasteiger partial charge in [-0.3, -0.25) is 4.79 Å². The molecule has 1 aromatic carbocycles. The largest absolute Gasteiger partial charge is 0.396 e. The van der Waals surface area contributed by atoms with E-state index in [2.05, 4.69) is 31.3 Å². The monoisotopic (exact) mass is 289 g/mol. The summed E-state index contributed by atoms with van der Waals surface area (Å²) in [5.74, 6) is 0.0525. The van der Waals surface area contributed by atoms with E-state index in [0.717, 1.165) is 31.2 Å². The van der Waals surface area contributed by atoms with Gasteiger partial charge >= 0.3 is 0 Å². The van der Waals surface area contributed by atoms with Crippen molar-refractivity contribution in [2.75, 3.05) is 13.2 Å². The Kier molecular flexibility index (Phi) is 5.40. The van der Waals surface area contributed by atoms with Gasteiger partial charge in [0.2, 0.25) is 5.91 Å². The SMILES string of the molecule is Cc1ccc(CC(=O)NCC2(CO)CCCCC2)cc1C. The van der Waals surface area contributed by atoms with Crippen molar-refractivity contribution in [2.45, 2.75) is 52.4 Å². The molecule has 1 aliphatic carbocycles. The van der Waals surface area contributed by atoms with Crippen molar-refractivity contribution in [1.29, 1.82) is 0 Å². The van der Waals surface area contributed by atoms with Gasteiger partial charge < -0.3 is 10.4 Å². The zero-order valence-corrected chi connectivity index (χ0v) is 13.2. The van der Waals surface area contributed by atoms with Crippen molar-refractivity contribution in [3.63, 3.8) is 0 Å². The molecule has 116 valence electrons. The summed E-state index contributed by atoms with van der Waals surface area (Å²) < 4.78 is 0. The summed E-state index contributed by atoms with van der Waals surface area (Å²) in [5, 5.41) is 12.7. The van der Waals surface area contributed by atoms with Crippen molar-refractivity contribution in [2.24, 2.45) is 5.41 Å². The minimum Gasteiger partial charge on any atom is -0.396 e. The van der Waals surface area contributed by atoms with Gasteiger partial charge in [0.1, 0.15) is 0 Å². The van der Waals surface area contributed by atoms with E-state index in [1.54, 1.807) is 0 Å². The van der Waals surface area contributed by atoms with Gasteiger partial charge in [0, 0.05) is 12.0 Å². The quantitative estimate of drug-likeness (QED) is 0.875. The lowest BCUT2D eigenvalue weighted by molar-refractivity contribution is -0.121. The number of hydrogen-bond acceptors (Lipinski definition) is 2. The Morgan fingerprint density at radius 1 is 1.19 bits per heavy atom. The van der Waals surface area contributed by atoms with Gasteiger partial charge in [-0.1, -0.05) is 37.5 Å². The van der Waals surface area contributed by atoms with E-state index in [-0.39, 0.29) is 17.9 Å². The number of hydrogen-bond donors (Lipinski definition) is 2. The van der Waals surface area contributed by atoms with Crippen molar-refractivity contribution in [3.8, 4) is 0 Å². The van der Waals surface area contributed by atoms with Gasteiger partial charge in [-0.15, -0.1) is 0 Å². The van der Waals surface area contributed by atoms with Gasteiger partial charge in [-0.25, -0.2) is 0 Å². The number of carbonyl (C=O) groups is 1. The Balaban J connectivity index is 1.87. The third-order valence-electron chi connectivity index (χ3n) is 4.85. The van der Waals surface area contributed by atoms with Gasteiger partial charge in [-0.2, -0.15) is 0 Å². The van der Waals surface area contributed by atoms with Gasteiger partial charge in [-0.05, 0) is 43.4 Å². The van der Waals surface area contributed by atoms with E-state index in [4.69, 9.17) is 0 Å². The molecule has 1 fully saturated rings. The van der Waals surface area contributed by atoms with Crippen LogP contribution in [-0.2, 0) is 11.2 Å². The predicted molar refractivity (Wildman–Crippen MR) is 85.2 cm³/mol. The van der Waals surface area contributed by atoms with Crippen LogP contribution < -0.4 is 5.32 Å². The normalized spacial score (nSPS) is 17.5. The van der Waals surface area contributed by atoms with E-state index in [1.165, 1.54) is 17.5 Å². The lowest BCUT2D eigenvalue weighted by Gasteiger charge is -2.35. The number of carbonyl (C=O) groups excluding carboxylic acids is 1. The number of rotatable bonds is 5. The molecule has 1 amide bonds. The van der Waals surface area contributed by atoms with Crippen LogP contribution in [0.1, 0.15) is 48.8 Å². The average Bonchev–Trinajstić information content (AvgIpc) is 2.50. The second-order valence-electron chi connectivity index (χ2n) is 6.59. The fraction of sp³-hybridized carbons (Fsp3) is 0.611. The first-order valence-corrected chi connectivity index (χ1v) is 7.98. The van der Waals surface area contributed by atoms with Crippen LogP contribution in [0.2, 0.25) is 0 Å². The van der Waals surface area contributed by atoms with Gasteiger partial charge in [0.15, 0.2) is 0 Å². The van der Waals surface area contributed by atoms with E-state index in [9.17, 15) is 9.90 Å². The molecule has 0 saturated heterocycles. The van der Waals surface area contributed by atoms with Crippen LogP contribution in [0.25, 0.3) is 0 Å². The number of aliphatic hydroxyl groups is 1. The first kappa shape index (κ1) is 16.0. The zero-order chi connectivity index (χ0) is 15.3. The van der Waals surface area contributed by atoms with Crippen molar-refractivity contribution >= 4 is 5.91 Å². The first-order chi connectivity index (χ1) is 10.0. The summed E-state index contributed by atoms with van der Waals surface area (Å²) in [6.45, 7) is 4.93. The topological polar surface area (TPSA) is 49.3 Å². The molecule has 0 unspecified atom stereocenters. The Morgan fingerprint density at radius 3 is 2.52 bits per heavy atom. The summed E-state index contributed by atoms with van der Waals surface area (Å²) in [6, 6.07) is 6.16. The molecular weight excluding hydrogens is 262 g/mol. The Morgan fingerprint density at radius 2 is 1.90 bits per heavy atom. The molecule has 0 atom stereocenters. The second-order valence-corrected chi connectivity index (χ2v) is 6.59. The van der Waals surface area contributed by atoms with Crippen molar-refractivity contribution in [3.05, 3.63) is 34.9 Å². The first-order valence-electron chi connectivity index (χ1n) is 7.98. The van der Waals surface area contributed by atoms with Gasteiger partial charge in [0.05, 0.1) is 13.0 Å². The molecule has 0 radical (unpaired) electrons. The molecule has 1 saturated carbocycles. The summed E-state index contributed by atoms with van der Waals surface area (Å²) in [4.78, 5) is 12.1. The summed E-state index contributed by atoms with van der Waals surface area (Å²) in [6.07, 6.45) is 6.03.